The number of benzene rings is 1. The fraction of sp³-hybridized carbons (Fsp3) is 0.533. The molecule has 4 nitrogen and oxygen atoms in total. The Morgan fingerprint density at radius 3 is 2.60 bits per heavy atom. The summed E-state index contributed by atoms with van der Waals surface area (Å²) >= 11 is 0. The van der Waals surface area contributed by atoms with E-state index in [1.54, 1.807) is 7.05 Å². The molecule has 2 rings (SSSR count). The van der Waals surface area contributed by atoms with Gasteiger partial charge < -0.3 is 14.2 Å². The van der Waals surface area contributed by atoms with Crippen LogP contribution >= 0.6 is 0 Å². The second kappa shape index (κ2) is 5.22. The van der Waals surface area contributed by atoms with Crippen LogP contribution in [-0.4, -0.2) is 20.3 Å². The predicted octanol–water partition coefficient (Wildman–Crippen LogP) is 4.39. The van der Waals surface area contributed by atoms with E-state index in [1.807, 2.05) is 12.1 Å². The standard InChI is InChI=1S/C15H24N2O2Si/c1-15(2,3)20(5,6)18-10-11-7-8-12-13(9-11)19-14(16-4)17-12/h7-9H,10H2,1-6H3,(H,16,17). The molecule has 1 heterocycles. The van der Waals surface area contributed by atoms with Gasteiger partial charge in [-0.1, -0.05) is 26.8 Å². The number of hydrogen-bond donors (Lipinski definition) is 1. The van der Waals surface area contributed by atoms with Crippen molar-refractivity contribution in [2.24, 2.45) is 0 Å². The molecule has 0 saturated heterocycles. The Bertz CT molecular complexity index is 599. The van der Waals surface area contributed by atoms with E-state index in [4.69, 9.17) is 8.84 Å². The fourth-order valence-corrected chi connectivity index (χ4v) is 2.61. The molecule has 0 saturated carbocycles. The molecule has 0 spiro atoms. The molecule has 2 aromatic rings. The fourth-order valence-electron chi connectivity index (χ4n) is 1.65. The molecule has 0 radical (unpaired) electrons. The molecule has 1 aromatic heterocycles. The predicted molar refractivity (Wildman–Crippen MR) is 85.5 cm³/mol. The van der Waals surface area contributed by atoms with Crippen LogP contribution in [-0.2, 0) is 11.0 Å². The third-order valence-electron chi connectivity index (χ3n) is 4.07. The number of fused-ring (bicyclic) bond motifs is 1. The maximum Gasteiger partial charge on any atom is 0.295 e. The van der Waals surface area contributed by atoms with Gasteiger partial charge in [-0.2, -0.15) is 4.98 Å². The molecule has 110 valence electrons. The summed E-state index contributed by atoms with van der Waals surface area (Å²) in [5.41, 5.74) is 2.79. The van der Waals surface area contributed by atoms with Crippen molar-refractivity contribution in [1.29, 1.82) is 0 Å². The Kier molecular flexibility index (Phi) is 3.93. The van der Waals surface area contributed by atoms with Crippen LogP contribution in [0.3, 0.4) is 0 Å². The first-order valence-electron chi connectivity index (χ1n) is 6.94. The lowest BCUT2D eigenvalue weighted by atomic mass is 10.2. The van der Waals surface area contributed by atoms with Gasteiger partial charge in [-0.3, -0.25) is 0 Å². The van der Waals surface area contributed by atoms with E-state index >= 15 is 0 Å². The zero-order valence-corrected chi connectivity index (χ0v) is 14.2. The number of hydrogen-bond acceptors (Lipinski definition) is 4. The van der Waals surface area contributed by atoms with E-state index in [0.717, 1.165) is 16.7 Å². The Morgan fingerprint density at radius 2 is 2.00 bits per heavy atom. The van der Waals surface area contributed by atoms with Crippen LogP contribution in [0, 0.1) is 0 Å². The van der Waals surface area contributed by atoms with Gasteiger partial charge in [0.1, 0.15) is 5.52 Å². The molecule has 20 heavy (non-hydrogen) atoms. The lowest BCUT2D eigenvalue weighted by molar-refractivity contribution is 0.276. The maximum absolute atomic E-state index is 6.22. The molecule has 0 unspecified atom stereocenters. The zero-order valence-electron chi connectivity index (χ0n) is 13.2. The molecule has 0 aliphatic carbocycles. The monoisotopic (exact) mass is 292 g/mol. The van der Waals surface area contributed by atoms with Crippen molar-refractivity contribution >= 4 is 25.4 Å². The van der Waals surface area contributed by atoms with Crippen molar-refractivity contribution in [2.75, 3.05) is 12.4 Å². The zero-order chi connectivity index (χ0) is 15.0. The lowest BCUT2D eigenvalue weighted by Gasteiger charge is -2.36. The van der Waals surface area contributed by atoms with Gasteiger partial charge >= 0.3 is 0 Å². The van der Waals surface area contributed by atoms with Gasteiger partial charge in [0.15, 0.2) is 13.9 Å². The van der Waals surface area contributed by atoms with E-state index in [9.17, 15) is 0 Å². The SMILES string of the molecule is CNc1nc2ccc(CO[Si](C)(C)C(C)(C)C)cc2o1. The number of oxazole rings is 1. The Labute approximate surface area is 121 Å². The Balaban J connectivity index is 2.14. The lowest BCUT2D eigenvalue weighted by Crippen LogP contribution is -2.40. The summed E-state index contributed by atoms with van der Waals surface area (Å²) in [4.78, 5) is 4.31. The highest BCUT2D eigenvalue weighted by atomic mass is 28.4. The smallest absolute Gasteiger partial charge is 0.295 e. The van der Waals surface area contributed by atoms with Crippen LogP contribution in [0.25, 0.3) is 11.1 Å². The van der Waals surface area contributed by atoms with Gasteiger partial charge in [0.05, 0.1) is 6.61 Å². The van der Waals surface area contributed by atoms with Crippen molar-refractivity contribution in [2.45, 2.75) is 45.5 Å². The number of anilines is 1. The van der Waals surface area contributed by atoms with Gasteiger partial charge in [-0.25, -0.2) is 0 Å². The number of rotatable bonds is 4. The van der Waals surface area contributed by atoms with Crippen LogP contribution in [0.1, 0.15) is 26.3 Å². The van der Waals surface area contributed by atoms with Crippen LogP contribution in [0.15, 0.2) is 22.6 Å². The number of nitrogens with one attached hydrogen (secondary N) is 1. The first-order chi connectivity index (χ1) is 9.23. The second-order valence-electron chi connectivity index (χ2n) is 6.62. The molecule has 0 amide bonds. The molecular formula is C15H24N2O2Si. The summed E-state index contributed by atoms with van der Waals surface area (Å²) < 4.78 is 11.8. The van der Waals surface area contributed by atoms with Crippen molar-refractivity contribution < 1.29 is 8.84 Å². The van der Waals surface area contributed by atoms with Crippen molar-refractivity contribution in [3.63, 3.8) is 0 Å². The molecular weight excluding hydrogens is 268 g/mol. The maximum atomic E-state index is 6.22. The summed E-state index contributed by atoms with van der Waals surface area (Å²) in [5, 5.41) is 3.13. The van der Waals surface area contributed by atoms with Gasteiger partial charge in [0.25, 0.3) is 6.01 Å². The number of aromatic nitrogens is 1. The van der Waals surface area contributed by atoms with Crippen LogP contribution < -0.4 is 5.32 Å². The average molecular weight is 292 g/mol. The molecule has 0 atom stereocenters. The normalized spacial score (nSPS) is 12.9. The van der Waals surface area contributed by atoms with Gasteiger partial charge in [-0.15, -0.1) is 0 Å². The topological polar surface area (TPSA) is 47.3 Å². The third-order valence-corrected chi connectivity index (χ3v) is 8.55. The molecule has 5 heteroatoms. The quantitative estimate of drug-likeness (QED) is 0.849. The first kappa shape index (κ1) is 15.1. The van der Waals surface area contributed by atoms with Gasteiger partial charge in [0, 0.05) is 7.05 Å². The van der Waals surface area contributed by atoms with E-state index in [1.165, 1.54) is 0 Å². The summed E-state index contributed by atoms with van der Waals surface area (Å²) in [7, 11) is 0.0824. The second-order valence-corrected chi connectivity index (χ2v) is 11.4. The molecule has 1 aromatic carbocycles. The molecule has 1 N–H and O–H groups in total. The Hall–Kier alpha value is -1.33. The molecule has 0 fully saturated rings. The summed E-state index contributed by atoms with van der Waals surface area (Å²) in [6, 6.07) is 6.58. The van der Waals surface area contributed by atoms with E-state index in [2.05, 4.69) is 50.2 Å². The molecule has 0 aliphatic heterocycles. The van der Waals surface area contributed by atoms with E-state index < -0.39 is 8.32 Å². The summed E-state index contributed by atoms with van der Waals surface area (Å²) in [6.07, 6.45) is 0. The highest BCUT2D eigenvalue weighted by Crippen LogP contribution is 2.37. The van der Waals surface area contributed by atoms with Gasteiger partial charge in [-0.05, 0) is 35.8 Å². The van der Waals surface area contributed by atoms with Crippen LogP contribution in [0.4, 0.5) is 6.01 Å². The molecule has 0 bridgehead atoms. The average Bonchev–Trinajstić information content (AvgIpc) is 2.77. The minimum atomic E-state index is -1.72. The van der Waals surface area contributed by atoms with E-state index in [-0.39, 0.29) is 5.04 Å². The van der Waals surface area contributed by atoms with Crippen molar-refractivity contribution in [3.8, 4) is 0 Å². The molecule has 0 aliphatic rings. The first-order valence-corrected chi connectivity index (χ1v) is 9.85. The van der Waals surface area contributed by atoms with Crippen molar-refractivity contribution in [3.05, 3.63) is 23.8 Å². The minimum Gasteiger partial charge on any atom is -0.424 e. The van der Waals surface area contributed by atoms with E-state index in [0.29, 0.717) is 12.6 Å². The van der Waals surface area contributed by atoms with Crippen molar-refractivity contribution in [1.82, 2.24) is 4.98 Å². The summed E-state index contributed by atoms with van der Waals surface area (Å²) in [6.45, 7) is 11.9. The largest absolute Gasteiger partial charge is 0.424 e. The Morgan fingerprint density at radius 1 is 1.30 bits per heavy atom. The highest BCUT2D eigenvalue weighted by molar-refractivity contribution is 6.74. The van der Waals surface area contributed by atoms with Gasteiger partial charge in [0.2, 0.25) is 0 Å². The van der Waals surface area contributed by atoms with Crippen LogP contribution in [0.5, 0.6) is 0 Å². The summed E-state index contributed by atoms with van der Waals surface area (Å²) in [5.74, 6) is 0. The third kappa shape index (κ3) is 3.04. The van der Waals surface area contributed by atoms with Crippen LogP contribution in [0.2, 0.25) is 18.1 Å². The minimum absolute atomic E-state index is 0.225. The number of nitrogens with zero attached hydrogens (tertiary/aromatic N) is 1. The highest BCUT2D eigenvalue weighted by Gasteiger charge is 2.37.